The van der Waals surface area contributed by atoms with Crippen LogP contribution in [0.3, 0.4) is 0 Å². The van der Waals surface area contributed by atoms with Crippen molar-refractivity contribution in [2.45, 2.75) is 169 Å². The van der Waals surface area contributed by atoms with E-state index in [4.69, 9.17) is 0 Å². The molecule has 3 nitrogen and oxygen atoms in total. The van der Waals surface area contributed by atoms with Crippen molar-refractivity contribution in [3.05, 3.63) is 165 Å². The molecule has 0 saturated heterocycles. The minimum absolute atomic E-state index is 0.0273. The second-order valence-electron chi connectivity index (χ2n) is 26.5. The first-order valence-corrected chi connectivity index (χ1v) is 27.4. The summed E-state index contributed by atoms with van der Waals surface area (Å²) in [5, 5.41) is 0. The van der Waals surface area contributed by atoms with Gasteiger partial charge in [-0.15, -0.1) is 0 Å². The fourth-order valence-electron chi connectivity index (χ4n) is 12.8. The number of benzene rings is 6. The summed E-state index contributed by atoms with van der Waals surface area (Å²) in [4.78, 5) is 9.53. The van der Waals surface area contributed by atoms with E-state index in [2.05, 4.69) is 258 Å². The van der Waals surface area contributed by atoms with Crippen molar-refractivity contribution in [1.29, 1.82) is 0 Å². The van der Waals surface area contributed by atoms with E-state index in [-0.39, 0.29) is 39.2 Å². The van der Waals surface area contributed by atoms with E-state index in [0.717, 1.165) is 12.1 Å². The van der Waals surface area contributed by atoms with Crippen LogP contribution in [-0.4, -0.2) is 6.71 Å². The van der Waals surface area contributed by atoms with Crippen LogP contribution in [0, 0.1) is 13.8 Å². The quantitative estimate of drug-likeness (QED) is 0.159. The molecule has 0 fully saturated rings. The van der Waals surface area contributed by atoms with E-state index in [9.17, 15) is 0 Å². The topological polar surface area (TPSA) is 9.72 Å². The average molecular weight is 954 g/mol. The first kappa shape index (κ1) is 47.8. The highest BCUT2D eigenvalue weighted by molar-refractivity contribution is 7.29. The predicted molar refractivity (Wildman–Crippen MR) is 310 cm³/mol. The second-order valence-corrected chi connectivity index (χ2v) is 27.6. The Morgan fingerprint density at radius 1 is 0.507 bits per heavy atom. The van der Waals surface area contributed by atoms with Crippen LogP contribution in [0.2, 0.25) is 0 Å². The summed E-state index contributed by atoms with van der Waals surface area (Å²) >= 11 is 2.13. The highest BCUT2D eigenvalue weighted by atomic mass is 32.1. The summed E-state index contributed by atoms with van der Waals surface area (Å²) in [7, 11) is 0. The Labute approximate surface area is 431 Å². The molecule has 2 aliphatic heterocycles. The minimum Gasteiger partial charge on any atom is -0.311 e. The highest BCUT2D eigenvalue weighted by Gasteiger charge is 2.51. The molecule has 6 aromatic carbocycles. The zero-order valence-electron chi connectivity index (χ0n) is 45.7. The summed E-state index contributed by atoms with van der Waals surface area (Å²) in [5.74, 6) is 0. The monoisotopic (exact) mass is 954 g/mol. The molecule has 0 spiro atoms. The van der Waals surface area contributed by atoms with Crippen molar-refractivity contribution >= 4 is 84.9 Å². The van der Waals surface area contributed by atoms with E-state index in [0.29, 0.717) is 0 Å². The van der Waals surface area contributed by atoms with Gasteiger partial charge in [0.2, 0.25) is 0 Å². The zero-order chi connectivity index (χ0) is 50.5. The standard InChI is InChI=1S/C66H76BN3S/c1-41-21-17-19-23-51(41)69(52-24-20-18-22-42(52)2)47-39-54-57-55(40-47)70(46-30-31-48-49(38-46)64(11,12)34-33-63(48,9)10)58-56-59(66(15,16)36-35-65(56,13)14)71-60(58)67(57)50-37-44(62(6,7)8)27-32-53(50)68(54)45-28-25-43(26-29-45)61(3,4)5/h17-32,37-40H,33-36H2,1-16H3. The molecule has 0 unspecified atom stereocenters. The van der Waals surface area contributed by atoms with Crippen molar-refractivity contribution in [2.24, 2.45) is 0 Å². The van der Waals surface area contributed by atoms with E-state index in [1.54, 1.807) is 10.4 Å². The third kappa shape index (κ3) is 7.56. The van der Waals surface area contributed by atoms with Gasteiger partial charge in [0.15, 0.2) is 0 Å². The van der Waals surface area contributed by atoms with E-state index in [1.807, 2.05) is 0 Å². The summed E-state index contributed by atoms with van der Waals surface area (Å²) < 4.78 is 1.49. The Hall–Kier alpha value is -5.52. The third-order valence-electron chi connectivity index (χ3n) is 17.5. The summed E-state index contributed by atoms with van der Waals surface area (Å²) in [6, 6.07) is 47.7. The Kier molecular flexibility index (Phi) is 10.8. The third-order valence-corrected chi connectivity index (χ3v) is 19.1. The van der Waals surface area contributed by atoms with Gasteiger partial charge >= 0.3 is 0 Å². The average Bonchev–Trinajstić information content (AvgIpc) is 3.73. The number of hydrogen-bond donors (Lipinski definition) is 0. The molecule has 1 aromatic heterocycles. The molecule has 0 atom stereocenters. The first-order chi connectivity index (χ1) is 33.3. The van der Waals surface area contributed by atoms with Crippen LogP contribution in [-0.2, 0) is 32.5 Å². The smallest absolute Gasteiger partial charge is 0.264 e. The van der Waals surface area contributed by atoms with E-state index < -0.39 is 0 Å². The lowest BCUT2D eigenvalue weighted by molar-refractivity contribution is 0.332. The number of para-hydroxylation sites is 2. The number of aryl methyl sites for hydroxylation is 2. The molecule has 0 amide bonds. The number of anilines is 9. The fourth-order valence-corrected chi connectivity index (χ4v) is 14.5. The molecule has 0 N–H and O–H groups in total. The Balaban J connectivity index is 1.32. The number of rotatable bonds is 5. The summed E-state index contributed by atoms with van der Waals surface area (Å²) in [5.41, 5.74) is 23.9. The van der Waals surface area contributed by atoms with E-state index >= 15 is 0 Å². The number of thiophene rings is 1. The summed E-state index contributed by atoms with van der Waals surface area (Å²) in [6.45, 7) is 38.6. The lowest BCUT2D eigenvalue weighted by atomic mass is 9.35. The first-order valence-electron chi connectivity index (χ1n) is 26.6. The molecule has 0 bridgehead atoms. The number of nitrogens with zero attached hydrogens (tertiary/aromatic N) is 3. The van der Waals surface area contributed by atoms with Gasteiger partial charge in [0, 0.05) is 49.5 Å². The van der Waals surface area contributed by atoms with Crippen LogP contribution in [0.25, 0.3) is 0 Å². The molecule has 4 aliphatic rings. The molecule has 364 valence electrons. The van der Waals surface area contributed by atoms with Gasteiger partial charge in [-0.05, 0) is 176 Å². The second kappa shape index (κ2) is 16.0. The maximum Gasteiger partial charge on any atom is 0.264 e. The van der Waals surface area contributed by atoms with Crippen LogP contribution in [0.1, 0.15) is 166 Å². The Morgan fingerprint density at radius 2 is 1.03 bits per heavy atom. The summed E-state index contributed by atoms with van der Waals surface area (Å²) in [6.07, 6.45) is 4.68. The van der Waals surface area contributed by atoms with Crippen molar-refractivity contribution in [3.63, 3.8) is 0 Å². The number of fused-ring (bicyclic) bond motifs is 7. The molecule has 7 aromatic rings. The highest BCUT2D eigenvalue weighted by Crippen LogP contribution is 2.58. The normalized spacial score (nSPS) is 18.0. The van der Waals surface area contributed by atoms with Gasteiger partial charge in [0.25, 0.3) is 6.71 Å². The minimum atomic E-state index is -0.0331. The van der Waals surface area contributed by atoms with Gasteiger partial charge in [-0.25, -0.2) is 0 Å². The number of hydrogen-bond acceptors (Lipinski definition) is 4. The van der Waals surface area contributed by atoms with Gasteiger partial charge in [-0.3, -0.25) is 0 Å². The fraction of sp³-hybridized carbons (Fsp3) is 0.394. The molecular formula is C66H76BN3S. The zero-order valence-corrected chi connectivity index (χ0v) is 46.5. The van der Waals surface area contributed by atoms with Crippen LogP contribution in [0.15, 0.2) is 121 Å². The van der Waals surface area contributed by atoms with Crippen molar-refractivity contribution in [1.82, 2.24) is 0 Å². The molecule has 71 heavy (non-hydrogen) atoms. The molecule has 11 rings (SSSR count). The molecular weight excluding hydrogens is 878 g/mol. The van der Waals surface area contributed by atoms with Crippen LogP contribution < -0.4 is 30.4 Å². The molecule has 0 radical (unpaired) electrons. The van der Waals surface area contributed by atoms with E-state index in [1.165, 1.54) is 114 Å². The maximum absolute atomic E-state index is 2.79. The lowest BCUT2D eigenvalue weighted by Gasteiger charge is -2.47. The van der Waals surface area contributed by atoms with Gasteiger partial charge in [-0.2, -0.15) is 11.3 Å². The molecule has 3 heterocycles. The van der Waals surface area contributed by atoms with Crippen LogP contribution in [0.5, 0.6) is 0 Å². The Morgan fingerprint density at radius 3 is 1.62 bits per heavy atom. The van der Waals surface area contributed by atoms with Crippen LogP contribution >= 0.6 is 11.3 Å². The van der Waals surface area contributed by atoms with Crippen molar-refractivity contribution < 1.29 is 0 Å². The van der Waals surface area contributed by atoms with Crippen LogP contribution in [0.4, 0.5) is 51.2 Å². The van der Waals surface area contributed by atoms with Gasteiger partial charge in [0.1, 0.15) is 0 Å². The van der Waals surface area contributed by atoms with Crippen molar-refractivity contribution in [2.75, 3.05) is 14.7 Å². The largest absolute Gasteiger partial charge is 0.311 e. The molecule has 0 saturated carbocycles. The molecule has 5 heteroatoms. The lowest BCUT2D eigenvalue weighted by Crippen LogP contribution is -2.61. The SMILES string of the molecule is Cc1ccccc1N(c1cc2c3c(c1)N(c1ccc4c(c1)C(C)(C)CCC4(C)C)c1c(sc4c1C(C)(C)CCC4(C)C)B3c1cc(C(C)(C)C)ccc1N2c1ccc(C(C)(C)C)cc1)c1ccccc1C. The van der Waals surface area contributed by atoms with Gasteiger partial charge in [0.05, 0.1) is 11.4 Å². The molecule has 2 aliphatic carbocycles. The Bertz CT molecular complexity index is 3230. The van der Waals surface area contributed by atoms with Gasteiger partial charge < -0.3 is 14.7 Å². The maximum atomic E-state index is 2.79. The predicted octanol–water partition coefficient (Wildman–Crippen LogP) is 17.2. The van der Waals surface area contributed by atoms with Gasteiger partial charge in [-0.1, -0.05) is 164 Å². The van der Waals surface area contributed by atoms with Crippen molar-refractivity contribution in [3.8, 4) is 0 Å².